The third kappa shape index (κ3) is 2.14. The summed E-state index contributed by atoms with van der Waals surface area (Å²) >= 11 is 4.69. The first kappa shape index (κ1) is 11.3. The molecule has 5 nitrogen and oxygen atoms in total. The molecule has 1 aromatic heterocycles. The largest absolute Gasteiger partial charge is 0.496 e. The zero-order valence-corrected chi connectivity index (χ0v) is 11.1. The highest BCUT2D eigenvalue weighted by Gasteiger charge is 2.10. The standard InChI is InChI=1S/C9H9BrN4OS/c1-14(9-11-12-13-16-9)6-3-4-8(15-2)7(10)5-6/h3-5H,1-2H3. The molecule has 1 aromatic carbocycles. The number of ether oxygens (including phenoxy) is 1. The van der Waals surface area contributed by atoms with E-state index < -0.39 is 0 Å². The summed E-state index contributed by atoms with van der Waals surface area (Å²) < 4.78 is 9.79. The number of hydrogen-bond donors (Lipinski definition) is 0. The Morgan fingerprint density at radius 2 is 2.25 bits per heavy atom. The van der Waals surface area contributed by atoms with Crippen LogP contribution in [0.2, 0.25) is 0 Å². The molecule has 84 valence electrons. The van der Waals surface area contributed by atoms with Crippen LogP contribution in [0.4, 0.5) is 10.8 Å². The average Bonchev–Trinajstić information content (AvgIpc) is 2.81. The van der Waals surface area contributed by atoms with Crippen LogP contribution in [0.25, 0.3) is 0 Å². The van der Waals surface area contributed by atoms with E-state index in [9.17, 15) is 0 Å². The van der Waals surface area contributed by atoms with Crippen molar-refractivity contribution in [3.8, 4) is 5.75 Å². The highest BCUT2D eigenvalue weighted by Crippen LogP contribution is 2.31. The molecule has 0 atom stereocenters. The molecule has 0 saturated heterocycles. The molecule has 0 bridgehead atoms. The fourth-order valence-electron chi connectivity index (χ4n) is 1.23. The Kier molecular flexibility index (Phi) is 3.35. The maximum absolute atomic E-state index is 5.17. The fourth-order valence-corrected chi connectivity index (χ4v) is 2.21. The van der Waals surface area contributed by atoms with E-state index in [0.717, 1.165) is 21.0 Å². The minimum absolute atomic E-state index is 0.747. The van der Waals surface area contributed by atoms with E-state index in [1.807, 2.05) is 30.1 Å². The van der Waals surface area contributed by atoms with Gasteiger partial charge in [-0.05, 0) is 39.3 Å². The molecule has 0 aliphatic rings. The van der Waals surface area contributed by atoms with Gasteiger partial charge in [-0.3, -0.25) is 0 Å². The van der Waals surface area contributed by atoms with E-state index in [-0.39, 0.29) is 0 Å². The smallest absolute Gasteiger partial charge is 0.232 e. The topological polar surface area (TPSA) is 51.1 Å². The lowest BCUT2D eigenvalue weighted by Crippen LogP contribution is -2.09. The second-order valence-corrected chi connectivity index (χ2v) is 4.59. The van der Waals surface area contributed by atoms with Crippen LogP contribution in [0.15, 0.2) is 22.7 Å². The SMILES string of the molecule is COc1ccc(N(C)c2nnns2)cc1Br. The average molecular weight is 301 g/mol. The molecule has 1 heterocycles. The Balaban J connectivity index is 2.31. The number of aromatic nitrogens is 3. The van der Waals surface area contributed by atoms with E-state index in [0.29, 0.717) is 0 Å². The summed E-state index contributed by atoms with van der Waals surface area (Å²) in [7, 11) is 3.55. The van der Waals surface area contributed by atoms with Crippen LogP contribution >= 0.6 is 27.5 Å². The van der Waals surface area contributed by atoms with E-state index in [1.54, 1.807) is 7.11 Å². The van der Waals surface area contributed by atoms with Gasteiger partial charge in [-0.1, -0.05) is 9.59 Å². The lowest BCUT2D eigenvalue weighted by molar-refractivity contribution is 0.412. The molecule has 7 heteroatoms. The number of anilines is 2. The fraction of sp³-hybridized carbons (Fsp3) is 0.222. The van der Waals surface area contributed by atoms with Crippen LogP contribution in [0, 0.1) is 0 Å². The quantitative estimate of drug-likeness (QED) is 0.871. The molecule has 0 N–H and O–H groups in total. The minimum Gasteiger partial charge on any atom is -0.496 e. The zero-order chi connectivity index (χ0) is 11.5. The molecule has 2 aromatic rings. The van der Waals surface area contributed by atoms with Crippen molar-refractivity contribution in [1.82, 2.24) is 14.8 Å². The van der Waals surface area contributed by atoms with Crippen molar-refractivity contribution in [2.75, 3.05) is 19.1 Å². The molecule has 0 unspecified atom stereocenters. The van der Waals surface area contributed by atoms with Crippen LogP contribution in [0.5, 0.6) is 5.75 Å². The van der Waals surface area contributed by atoms with Crippen molar-refractivity contribution in [2.45, 2.75) is 0 Å². The zero-order valence-electron chi connectivity index (χ0n) is 8.72. The Labute approximate surface area is 105 Å². The van der Waals surface area contributed by atoms with Gasteiger partial charge < -0.3 is 9.64 Å². The number of halogens is 1. The van der Waals surface area contributed by atoms with Gasteiger partial charge in [-0.15, -0.1) is 0 Å². The summed E-state index contributed by atoms with van der Waals surface area (Å²) in [6, 6.07) is 5.80. The van der Waals surface area contributed by atoms with Gasteiger partial charge in [-0.25, -0.2) is 0 Å². The van der Waals surface area contributed by atoms with Gasteiger partial charge in [0.1, 0.15) is 5.75 Å². The van der Waals surface area contributed by atoms with E-state index in [2.05, 4.69) is 30.7 Å². The lowest BCUT2D eigenvalue weighted by atomic mass is 10.3. The molecular weight excluding hydrogens is 292 g/mol. The summed E-state index contributed by atoms with van der Waals surface area (Å²) in [4.78, 5) is 1.91. The van der Waals surface area contributed by atoms with E-state index in [1.165, 1.54) is 11.5 Å². The van der Waals surface area contributed by atoms with Gasteiger partial charge in [0.25, 0.3) is 0 Å². The highest BCUT2D eigenvalue weighted by atomic mass is 79.9. The number of nitrogens with zero attached hydrogens (tertiary/aromatic N) is 4. The molecule has 0 aliphatic carbocycles. The van der Waals surface area contributed by atoms with Crippen molar-refractivity contribution >= 4 is 38.3 Å². The molecule has 0 fully saturated rings. The molecular formula is C9H9BrN4OS. The summed E-state index contributed by atoms with van der Waals surface area (Å²) in [6.45, 7) is 0. The third-order valence-electron chi connectivity index (χ3n) is 2.10. The normalized spacial score (nSPS) is 10.2. The Hall–Kier alpha value is -1.21. The van der Waals surface area contributed by atoms with Crippen molar-refractivity contribution in [3.63, 3.8) is 0 Å². The molecule has 0 aliphatic heterocycles. The van der Waals surface area contributed by atoms with Gasteiger partial charge in [0, 0.05) is 24.3 Å². The first-order valence-electron chi connectivity index (χ1n) is 4.44. The first-order chi connectivity index (χ1) is 7.72. The Bertz CT molecular complexity index is 476. The van der Waals surface area contributed by atoms with Crippen molar-refractivity contribution < 1.29 is 4.74 Å². The van der Waals surface area contributed by atoms with Crippen LogP contribution in [0.3, 0.4) is 0 Å². The summed E-state index contributed by atoms with van der Waals surface area (Å²) in [5.74, 6) is 0.799. The van der Waals surface area contributed by atoms with Crippen LogP contribution in [-0.4, -0.2) is 29.0 Å². The number of rotatable bonds is 3. The summed E-state index contributed by atoms with van der Waals surface area (Å²) in [6.07, 6.45) is 0. The molecule has 0 amide bonds. The lowest BCUT2D eigenvalue weighted by Gasteiger charge is -2.15. The van der Waals surface area contributed by atoms with Gasteiger partial charge >= 0.3 is 0 Å². The third-order valence-corrected chi connectivity index (χ3v) is 3.39. The number of hydrogen-bond acceptors (Lipinski definition) is 6. The van der Waals surface area contributed by atoms with Gasteiger partial charge in [0.05, 0.1) is 11.6 Å². The van der Waals surface area contributed by atoms with Gasteiger partial charge in [-0.2, -0.15) is 0 Å². The second kappa shape index (κ2) is 4.75. The number of methoxy groups -OCH3 is 1. The van der Waals surface area contributed by atoms with Crippen molar-refractivity contribution in [1.29, 1.82) is 0 Å². The van der Waals surface area contributed by atoms with Crippen molar-refractivity contribution in [2.24, 2.45) is 0 Å². The predicted octanol–water partition coefficient (Wildman–Crippen LogP) is 2.47. The van der Waals surface area contributed by atoms with Gasteiger partial charge in [0.15, 0.2) is 0 Å². The van der Waals surface area contributed by atoms with Crippen LogP contribution in [0.1, 0.15) is 0 Å². The Morgan fingerprint density at radius 3 is 2.81 bits per heavy atom. The maximum Gasteiger partial charge on any atom is 0.232 e. The monoisotopic (exact) mass is 300 g/mol. The first-order valence-corrected chi connectivity index (χ1v) is 6.01. The van der Waals surface area contributed by atoms with Crippen molar-refractivity contribution in [3.05, 3.63) is 22.7 Å². The number of benzene rings is 1. The second-order valence-electron chi connectivity index (χ2n) is 3.02. The highest BCUT2D eigenvalue weighted by molar-refractivity contribution is 9.10. The van der Waals surface area contributed by atoms with Crippen LogP contribution < -0.4 is 9.64 Å². The summed E-state index contributed by atoms with van der Waals surface area (Å²) in [5.41, 5.74) is 0.992. The van der Waals surface area contributed by atoms with E-state index in [4.69, 9.17) is 4.74 Å². The van der Waals surface area contributed by atoms with Crippen LogP contribution in [-0.2, 0) is 0 Å². The molecule has 0 radical (unpaired) electrons. The molecule has 0 spiro atoms. The van der Waals surface area contributed by atoms with Gasteiger partial charge in [0.2, 0.25) is 5.13 Å². The van der Waals surface area contributed by atoms with E-state index >= 15 is 0 Å². The maximum atomic E-state index is 5.17. The predicted molar refractivity (Wildman–Crippen MR) is 66.5 cm³/mol. The molecule has 2 rings (SSSR count). The summed E-state index contributed by atoms with van der Waals surface area (Å²) in [5, 5.41) is 8.21. The Morgan fingerprint density at radius 1 is 1.44 bits per heavy atom. The molecule has 0 saturated carbocycles. The molecule has 16 heavy (non-hydrogen) atoms. The minimum atomic E-state index is 0.747.